The Morgan fingerprint density at radius 2 is 1.93 bits per heavy atom. The van der Waals surface area contributed by atoms with Crippen LogP contribution in [0.25, 0.3) is 0 Å². The lowest BCUT2D eigenvalue weighted by Crippen LogP contribution is -2.35. The van der Waals surface area contributed by atoms with Crippen LogP contribution in [0.15, 0.2) is 0 Å². The first-order valence-electron chi connectivity index (χ1n) is 4.60. The van der Waals surface area contributed by atoms with Crippen LogP contribution in [0.2, 0.25) is 0 Å². The second kappa shape index (κ2) is 6.55. The lowest BCUT2D eigenvalue weighted by molar-refractivity contribution is -0.144. The predicted molar refractivity (Wildman–Crippen MR) is 57.7 cm³/mol. The van der Waals surface area contributed by atoms with E-state index in [4.69, 9.17) is 0 Å². The van der Waals surface area contributed by atoms with Gasteiger partial charge in [0.15, 0.2) is 0 Å². The molecule has 0 heterocycles. The highest BCUT2D eigenvalue weighted by molar-refractivity contribution is 7.86. The smallest absolute Gasteiger partial charge is 0.309 e. The first kappa shape index (κ1) is 14.1. The van der Waals surface area contributed by atoms with Crippen LogP contribution >= 0.6 is 0 Å². The van der Waals surface area contributed by atoms with Crippen molar-refractivity contribution in [3.63, 3.8) is 0 Å². The van der Waals surface area contributed by atoms with Gasteiger partial charge in [0.05, 0.1) is 13.0 Å². The molecule has 0 aliphatic heterocycles. The van der Waals surface area contributed by atoms with Crippen molar-refractivity contribution in [2.24, 2.45) is 5.92 Å². The van der Waals surface area contributed by atoms with Gasteiger partial charge in [-0.15, -0.1) is 0 Å². The fourth-order valence-corrected chi connectivity index (χ4v) is 2.26. The van der Waals surface area contributed by atoms with Crippen molar-refractivity contribution in [1.82, 2.24) is 5.32 Å². The number of nitrogens with one attached hydrogen (secondary N) is 1. The highest BCUT2D eigenvalue weighted by Gasteiger charge is 2.23. The Bertz CT molecular complexity index is 267. The number of hydrogen-bond donors (Lipinski definition) is 1. The Kier molecular flexibility index (Phi) is 6.15. The summed E-state index contributed by atoms with van der Waals surface area (Å²) in [7, 11) is 1.41. The third-order valence-corrected chi connectivity index (χ3v) is 3.86. The van der Waals surface area contributed by atoms with Gasteiger partial charge in [-0.05, 0) is 6.92 Å². The summed E-state index contributed by atoms with van der Waals surface area (Å²) in [4.78, 5) is 22.2. The summed E-state index contributed by atoms with van der Waals surface area (Å²) in [5.74, 6) is -1.01. The quantitative estimate of drug-likeness (QED) is 0.663. The van der Waals surface area contributed by atoms with Crippen molar-refractivity contribution in [2.45, 2.75) is 19.1 Å². The van der Waals surface area contributed by atoms with Crippen LogP contribution in [-0.4, -0.2) is 41.2 Å². The Labute approximate surface area is 92.0 Å². The standard InChI is InChI=1S/C9H17NO4S/c1-6(9(12)14-4)5-15(13)7(2)8(11)10-3/h6-7H,5H2,1-4H3,(H,10,11). The van der Waals surface area contributed by atoms with Crippen molar-refractivity contribution in [3.05, 3.63) is 0 Å². The van der Waals surface area contributed by atoms with E-state index in [0.717, 1.165) is 0 Å². The Hall–Kier alpha value is -0.910. The maximum atomic E-state index is 11.6. The van der Waals surface area contributed by atoms with Gasteiger partial charge in [-0.3, -0.25) is 13.8 Å². The molecule has 0 fully saturated rings. The summed E-state index contributed by atoms with van der Waals surface area (Å²) in [6.45, 7) is 3.19. The van der Waals surface area contributed by atoms with E-state index >= 15 is 0 Å². The second-order valence-electron chi connectivity index (χ2n) is 3.23. The lowest BCUT2D eigenvalue weighted by atomic mass is 10.2. The van der Waals surface area contributed by atoms with E-state index in [1.807, 2.05) is 0 Å². The van der Waals surface area contributed by atoms with Crippen molar-refractivity contribution in [2.75, 3.05) is 19.9 Å². The van der Waals surface area contributed by atoms with Crippen LogP contribution in [0.5, 0.6) is 0 Å². The Morgan fingerprint density at radius 1 is 1.40 bits per heavy atom. The number of ether oxygens (including phenoxy) is 1. The van der Waals surface area contributed by atoms with Gasteiger partial charge in [0.2, 0.25) is 5.91 Å². The minimum absolute atomic E-state index is 0.140. The monoisotopic (exact) mass is 235 g/mol. The van der Waals surface area contributed by atoms with Crippen molar-refractivity contribution in [1.29, 1.82) is 0 Å². The number of rotatable bonds is 5. The van der Waals surface area contributed by atoms with E-state index in [1.54, 1.807) is 13.8 Å². The van der Waals surface area contributed by atoms with Crippen LogP contribution < -0.4 is 5.32 Å². The van der Waals surface area contributed by atoms with Gasteiger partial charge in [0, 0.05) is 23.6 Å². The fraction of sp³-hybridized carbons (Fsp3) is 0.778. The first-order chi connectivity index (χ1) is 6.93. The second-order valence-corrected chi connectivity index (χ2v) is 5.03. The van der Waals surface area contributed by atoms with Crippen LogP contribution in [-0.2, 0) is 25.1 Å². The van der Waals surface area contributed by atoms with Gasteiger partial charge in [0.1, 0.15) is 5.25 Å². The molecule has 0 rings (SSSR count). The van der Waals surface area contributed by atoms with Crippen molar-refractivity contribution < 1.29 is 18.5 Å². The zero-order chi connectivity index (χ0) is 12.0. The average molecular weight is 235 g/mol. The van der Waals surface area contributed by atoms with E-state index in [1.165, 1.54) is 14.2 Å². The Morgan fingerprint density at radius 3 is 2.33 bits per heavy atom. The minimum Gasteiger partial charge on any atom is -0.469 e. The molecule has 0 aromatic rings. The number of carbonyl (C=O) groups is 2. The van der Waals surface area contributed by atoms with Gasteiger partial charge in [0.25, 0.3) is 0 Å². The first-order valence-corrected chi connectivity index (χ1v) is 5.98. The van der Waals surface area contributed by atoms with E-state index < -0.39 is 27.9 Å². The zero-order valence-electron chi connectivity index (χ0n) is 9.40. The summed E-state index contributed by atoms with van der Waals surface area (Å²) in [5.41, 5.74) is 0. The Balaban J connectivity index is 4.24. The van der Waals surface area contributed by atoms with E-state index in [0.29, 0.717) is 0 Å². The van der Waals surface area contributed by atoms with E-state index in [9.17, 15) is 13.8 Å². The molecule has 0 aromatic heterocycles. The van der Waals surface area contributed by atoms with Gasteiger partial charge in [-0.1, -0.05) is 6.92 Å². The molecule has 6 heteroatoms. The van der Waals surface area contributed by atoms with Crippen LogP contribution in [0.1, 0.15) is 13.8 Å². The molecule has 15 heavy (non-hydrogen) atoms. The largest absolute Gasteiger partial charge is 0.469 e. The van der Waals surface area contributed by atoms with Gasteiger partial charge in [-0.25, -0.2) is 0 Å². The number of carbonyl (C=O) groups excluding carboxylic acids is 2. The van der Waals surface area contributed by atoms with Gasteiger partial charge < -0.3 is 10.1 Å². The molecular formula is C9H17NO4S. The molecule has 0 spiro atoms. The van der Waals surface area contributed by atoms with E-state index in [2.05, 4.69) is 10.1 Å². The minimum atomic E-state index is -1.36. The summed E-state index contributed by atoms with van der Waals surface area (Å²) in [6.07, 6.45) is 0. The van der Waals surface area contributed by atoms with Crippen LogP contribution in [0, 0.1) is 5.92 Å². The van der Waals surface area contributed by atoms with E-state index in [-0.39, 0.29) is 11.7 Å². The molecule has 0 saturated carbocycles. The number of amides is 1. The molecule has 1 N–H and O–H groups in total. The number of hydrogen-bond acceptors (Lipinski definition) is 4. The SMILES string of the molecule is CNC(=O)C(C)S(=O)CC(C)C(=O)OC. The molecule has 88 valence electrons. The summed E-state index contributed by atoms with van der Waals surface area (Å²) < 4.78 is 16.1. The summed E-state index contributed by atoms with van der Waals surface area (Å²) >= 11 is 0. The predicted octanol–water partition coefficient (Wildman–Crippen LogP) is -0.321. The highest BCUT2D eigenvalue weighted by Crippen LogP contribution is 2.05. The third kappa shape index (κ3) is 4.42. The molecule has 0 aliphatic carbocycles. The molecule has 0 aliphatic rings. The zero-order valence-corrected chi connectivity index (χ0v) is 10.2. The summed E-state index contributed by atoms with van der Waals surface area (Å²) in [6, 6.07) is 0. The maximum absolute atomic E-state index is 11.6. The third-order valence-electron chi connectivity index (χ3n) is 2.03. The number of esters is 1. The van der Waals surface area contributed by atoms with Crippen LogP contribution in [0.4, 0.5) is 0 Å². The normalized spacial score (nSPS) is 16.3. The molecule has 1 amide bonds. The fourth-order valence-electron chi connectivity index (χ4n) is 0.983. The van der Waals surface area contributed by atoms with Crippen LogP contribution in [0.3, 0.4) is 0 Å². The molecule has 0 aromatic carbocycles. The highest BCUT2D eigenvalue weighted by atomic mass is 32.2. The average Bonchev–Trinajstić information content (AvgIpc) is 2.25. The molecule has 0 radical (unpaired) electrons. The van der Waals surface area contributed by atoms with Crippen molar-refractivity contribution in [3.8, 4) is 0 Å². The molecule has 3 unspecified atom stereocenters. The van der Waals surface area contributed by atoms with Crippen molar-refractivity contribution >= 4 is 22.7 Å². The molecule has 5 nitrogen and oxygen atoms in total. The molecular weight excluding hydrogens is 218 g/mol. The molecule has 0 bridgehead atoms. The number of methoxy groups -OCH3 is 1. The molecule has 3 atom stereocenters. The maximum Gasteiger partial charge on any atom is 0.309 e. The summed E-state index contributed by atoms with van der Waals surface area (Å²) in [5, 5.41) is 1.80. The molecule has 0 saturated heterocycles. The van der Waals surface area contributed by atoms with Gasteiger partial charge >= 0.3 is 5.97 Å². The van der Waals surface area contributed by atoms with Gasteiger partial charge in [-0.2, -0.15) is 0 Å². The lowest BCUT2D eigenvalue weighted by Gasteiger charge is -2.12. The topological polar surface area (TPSA) is 72.5 Å².